The van der Waals surface area contributed by atoms with E-state index >= 15 is 0 Å². The molecule has 112 valence electrons. The molecule has 0 saturated carbocycles. The molecular weight excluding hydrogens is 278 g/mol. The minimum atomic E-state index is -1.09. The molecule has 5 heteroatoms. The van der Waals surface area contributed by atoms with Crippen LogP contribution in [0.4, 0.5) is 0 Å². The first-order valence-electron chi connectivity index (χ1n) is 7.04. The highest BCUT2D eigenvalue weighted by molar-refractivity contribution is 6.31. The SMILES string of the molecule is C[C@@H]1N[C@H](CCCc2ccccc2Cl)[C@@H](O)[C@H](O)[C@@H]1O. The smallest absolute Gasteiger partial charge is 0.109 e. The largest absolute Gasteiger partial charge is 0.389 e. The maximum absolute atomic E-state index is 9.98. The molecule has 0 bridgehead atoms. The average Bonchev–Trinajstić information content (AvgIpc) is 2.44. The molecule has 4 nitrogen and oxygen atoms in total. The highest BCUT2D eigenvalue weighted by Crippen LogP contribution is 2.21. The Hall–Kier alpha value is -0.650. The molecule has 2 rings (SSSR count). The Kier molecular flexibility index (Phi) is 5.41. The summed E-state index contributed by atoms with van der Waals surface area (Å²) in [6, 6.07) is 7.29. The zero-order valence-electron chi connectivity index (χ0n) is 11.5. The van der Waals surface area contributed by atoms with Crippen LogP contribution < -0.4 is 5.32 Å². The lowest BCUT2D eigenvalue weighted by Gasteiger charge is -2.40. The predicted molar refractivity (Wildman–Crippen MR) is 78.8 cm³/mol. The highest BCUT2D eigenvalue weighted by atomic mass is 35.5. The first kappa shape index (κ1) is 15.7. The van der Waals surface area contributed by atoms with Crippen LogP contribution in [0.15, 0.2) is 24.3 Å². The van der Waals surface area contributed by atoms with Gasteiger partial charge in [0.15, 0.2) is 0 Å². The van der Waals surface area contributed by atoms with Gasteiger partial charge in [0.2, 0.25) is 0 Å². The second-order valence-electron chi connectivity index (χ2n) is 5.52. The van der Waals surface area contributed by atoms with E-state index in [1.54, 1.807) is 6.92 Å². The van der Waals surface area contributed by atoms with Crippen molar-refractivity contribution < 1.29 is 15.3 Å². The normalized spacial score (nSPS) is 34.1. The molecule has 1 saturated heterocycles. The van der Waals surface area contributed by atoms with Crippen molar-refractivity contribution in [3.63, 3.8) is 0 Å². The number of piperidine rings is 1. The van der Waals surface area contributed by atoms with Gasteiger partial charge in [-0.2, -0.15) is 0 Å². The summed E-state index contributed by atoms with van der Waals surface area (Å²) in [6.45, 7) is 1.81. The van der Waals surface area contributed by atoms with Gasteiger partial charge in [0.05, 0.1) is 12.2 Å². The van der Waals surface area contributed by atoms with Crippen LogP contribution in [0.25, 0.3) is 0 Å². The van der Waals surface area contributed by atoms with E-state index in [1.165, 1.54) is 0 Å². The van der Waals surface area contributed by atoms with E-state index in [2.05, 4.69) is 5.32 Å². The van der Waals surface area contributed by atoms with Gasteiger partial charge in [-0.15, -0.1) is 0 Å². The molecular formula is C15H22ClNO3. The van der Waals surface area contributed by atoms with Gasteiger partial charge in [-0.05, 0) is 37.8 Å². The number of hydrogen-bond donors (Lipinski definition) is 4. The molecule has 0 aliphatic carbocycles. The van der Waals surface area contributed by atoms with Gasteiger partial charge in [0.25, 0.3) is 0 Å². The number of aliphatic hydroxyl groups excluding tert-OH is 3. The topological polar surface area (TPSA) is 72.7 Å². The first-order chi connectivity index (χ1) is 9.50. The van der Waals surface area contributed by atoms with Crippen molar-refractivity contribution in [3.8, 4) is 0 Å². The molecule has 1 fully saturated rings. The minimum Gasteiger partial charge on any atom is -0.389 e. The third kappa shape index (κ3) is 3.51. The lowest BCUT2D eigenvalue weighted by molar-refractivity contribution is -0.111. The summed E-state index contributed by atoms with van der Waals surface area (Å²) in [7, 11) is 0. The van der Waals surface area contributed by atoms with Crippen LogP contribution in [0.5, 0.6) is 0 Å². The summed E-state index contributed by atoms with van der Waals surface area (Å²) < 4.78 is 0. The Morgan fingerprint density at radius 2 is 1.80 bits per heavy atom. The molecule has 1 heterocycles. The molecule has 1 aliphatic rings. The molecule has 1 aromatic rings. The van der Waals surface area contributed by atoms with E-state index in [0.29, 0.717) is 0 Å². The molecule has 0 amide bonds. The lowest BCUT2D eigenvalue weighted by atomic mass is 9.88. The maximum atomic E-state index is 9.98. The summed E-state index contributed by atoms with van der Waals surface area (Å²) in [6.07, 6.45) is -0.541. The minimum absolute atomic E-state index is 0.203. The monoisotopic (exact) mass is 299 g/mol. The van der Waals surface area contributed by atoms with Gasteiger partial charge in [0, 0.05) is 17.1 Å². The van der Waals surface area contributed by atoms with Crippen LogP contribution in [0.2, 0.25) is 5.02 Å². The van der Waals surface area contributed by atoms with Gasteiger partial charge in [-0.1, -0.05) is 29.8 Å². The predicted octanol–water partition coefficient (Wildman–Crippen LogP) is 1.11. The van der Waals surface area contributed by atoms with E-state index < -0.39 is 18.3 Å². The van der Waals surface area contributed by atoms with Crippen LogP contribution >= 0.6 is 11.6 Å². The molecule has 0 radical (unpaired) electrons. The van der Waals surface area contributed by atoms with E-state index in [-0.39, 0.29) is 12.1 Å². The fraction of sp³-hybridized carbons (Fsp3) is 0.600. The van der Waals surface area contributed by atoms with Crippen molar-refractivity contribution in [1.29, 1.82) is 0 Å². The van der Waals surface area contributed by atoms with Crippen LogP contribution in [-0.2, 0) is 6.42 Å². The van der Waals surface area contributed by atoms with Crippen LogP contribution in [0, 0.1) is 0 Å². The Morgan fingerprint density at radius 3 is 2.50 bits per heavy atom. The fourth-order valence-corrected chi connectivity index (χ4v) is 2.97. The zero-order chi connectivity index (χ0) is 14.7. The number of aliphatic hydroxyl groups is 3. The van der Waals surface area contributed by atoms with Crippen LogP contribution in [-0.4, -0.2) is 45.7 Å². The van der Waals surface area contributed by atoms with Gasteiger partial charge >= 0.3 is 0 Å². The number of rotatable bonds is 4. The van der Waals surface area contributed by atoms with Crippen molar-refractivity contribution in [2.24, 2.45) is 0 Å². The third-order valence-electron chi connectivity index (χ3n) is 4.02. The van der Waals surface area contributed by atoms with Crippen molar-refractivity contribution in [1.82, 2.24) is 5.32 Å². The quantitative estimate of drug-likeness (QED) is 0.672. The summed E-state index contributed by atoms with van der Waals surface area (Å²) in [5, 5.41) is 33.4. The molecule has 1 aliphatic heterocycles. The number of nitrogens with one attached hydrogen (secondary N) is 1. The summed E-state index contributed by atoms with van der Waals surface area (Å²) in [5.74, 6) is 0. The fourth-order valence-electron chi connectivity index (χ4n) is 2.74. The van der Waals surface area contributed by atoms with Gasteiger partial charge in [0.1, 0.15) is 6.10 Å². The number of aryl methyl sites for hydroxylation is 1. The van der Waals surface area contributed by atoms with Gasteiger partial charge < -0.3 is 20.6 Å². The van der Waals surface area contributed by atoms with E-state index in [4.69, 9.17) is 11.6 Å². The Balaban J connectivity index is 1.86. The number of hydrogen-bond acceptors (Lipinski definition) is 4. The van der Waals surface area contributed by atoms with Crippen molar-refractivity contribution >= 4 is 11.6 Å². The number of halogens is 1. The third-order valence-corrected chi connectivity index (χ3v) is 4.39. The van der Waals surface area contributed by atoms with Crippen LogP contribution in [0.3, 0.4) is 0 Å². The molecule has 20 heavy (non-hydrogen) atoms. The Labute approximate surface area is 124 Å². The van der Waals surface area contributed by atoms with Crippen molar-refractivity contribution in [3.05, 3.63) is 34.9 Å². The van der Waals surface area contributed by atoms with Crippen molar-refractivity contribution in [2.75, 3.05) is 0 Å². The van der Waals surface area contributed by atoms with Crippen molar-refractivity contribution in [2.45, 2.75) is 56.6 Å². The van der Waals surface area contributed by atoms with E-state index in [9.17, 15) is 15.3 Å². The van der Waals surface area contributed by atoms with Gasteiger partial charge in [-0.25, -0.2) is 0 Å². The number of benzene rings is 1. The average molecular weight is 300 g/mol. The zero-order valence-corrected chi connectivity index (χ0v) is 12.3. The Morgan fingerprint density at radius 1 is 1.10 bits per heavy atom. The highest BCUT2D eigenvalue weighted by Gasteiger charge is 2.39. The molecule has 4 N–H and O–H groups in total. The van der Waals surface area contributed by atoms with Crippen LogP contribution in [0.1, 0.15) is 25.3 Å². The summed E-state index contributed by atoms with van der Waals surface area (Å²) in [5.41, 5.74) is 1.09. The summed E-state index contributed by atoms with van der Waals surface area (Å²) >= 11 is 6.10. The van der Waals surface area contributed by atoms with E-state index in [1.807, 2.05) is 24.3 Å². The molecule has 0 unspecified atom stereocenters. The Bertz CT molecular complexity index is 443. The molecule has 1 aromatic carbocycles. The summed E-state index contributed by atoms with van der Waals surface area (Å²) in [4.78, 5) is 0. The standard InChI is InChI=1S/C15H22ClNO3/c1-9-13(18)15(20)14(19)12(17-9)8-4-6-10-5-2-3-7-11(10)16/h2-3,5,7,9,12-15,17-20H,4,6,8H2,1H3/t9-,12+,13+,14+,15+/m0/s1. The second-order valence-corrected chi connectivity index (χ2v) is 5.92. The second kappa shape index (κ2) is 6.87. The van der Waals surface area contributed by atoms with Gasteiger partial charge in [-0.3, -0.25) is 0 Å². The van der Waals surface area contributed by atoms with E-state index in [0.717, 1.165) is 29.8 Å². The first-order valence-corrected chi connectivity index (χ1v) is 7.42. The molecule has 0 spiro atoms. The molecule has 0 aromatic heterocycles. The lowest BCUT2D eigenvalue weighted by Crippen LogP contribution is -2.63. The molecule has 5 atom stereocenters. The maximum Gasteiger partial charge on any atom is 0.109 e.